The molecule has 4 rings (SSSR count). The first kappa shape index (κ1) is 23.4. The van der Waals surface area contributed by atoms with E-state index in [2.05, 4.69) is 54.3 Å². The summed E-state index contributed by atoms with van der Waals surface area (Å²) < 4.78 is 5.53. The minimum atomic E-state index is 0. The zero-order valence-electron chi connectivity index (χ0n) is 18.5. The third-order valence-electron chi connectivity index (χ3n) is 5.91. The summed E-state index contributed by atoms with van der Waals surface area (Å²) in [5.74, 6) is 2.97. The second-order valence-electron chi connectivity index (χ2n) is 7.76. The summed E-state index contributed by atoms with van der Waals surface area (Å²) in [5.41, 5.74) is 2.40. The molecule has 1 aromatic heterocycles. The van der Waals surface area contributed by atoms with Gasteiger partial charge >= 0.3 is 0 Å². The van der Waals surface area contributed by atoms with Crippen LogP contribution < -0.4 is 19.9 Å². The van der Waals surface area contributed by atoms with Crippen LogP contribution >= 0.6 is 24.0 Å². The summed E-state index contributed by atoms with van der Waals surface area (Å²) in [6.45, 7) is 6.71. The minimum Gasteiger partial charge on any atom is -0.495 e. The second-order valence-corrected chi connectivity index (χ2v) is 7.76. The van der Waals surface area contributed by atoms with Gasteiger partial charge in [-0.2, -0.15) is 0 Å². The van der Waals surface area contributed by atoms with Gasteiger partial charge in [0, 0.05) is 59.1 Å². The Bertz CT molecular complexity index is 863. The number of hydrogen-bond donors (Lipinski definition) is 1. The number of pyridine rings is 1. The zero-order valence-corrected chi connectivity index (χ0v) is 20.8. The van der Waals surface area contributed by atoms with Gasteiger partial charge in [-0.15, -0.1) is 24.0 Å². The number of anilines is 2. The quantitative estimate of drug-likeness (QED) is 0.360. The van der Waals surface area contributed by atoms with E-state index in [9.17, 15) is 0 Å². The number of guanidine groups is 1. The number of aromatic nitrogens is 1. The van der Waals surface area contributed by atoms with E-state index in [4.69, 9.17) is 4.74 Å². The molecule has 7 nitrogen and oxygen atoms in total. The Morgan fingerprint density at radius 2 is 1.77 bits per heavy atom. The van der Waals surface area contributed by atoms with Crippen LogP contribution in [0.25, 0.3) is 0 Å². The highest BCUT2D eigenvalue weighted by molar-refractivity contribution is 14.0. The minimum absolute atomic E-state index is 0. The summed E-state index contributed by atoms with van der Waals surface area (Å²) in [5, 5.41) is 3.54. The van der Waals surface area contributed by atoms with Crippen molar-refractivity contribution in [2.45, 2.75) is 19.4 Å². The van der Waals surface area contributed by atoms with Crippen molar-refractivity contribution in [3.63, 3.8) is 0 Å². The number of halogens is 1. The predicted molar refractivity (Wildman–Crippen MR) is 138 cm³/mol. The van der Waals surface area contributed by atoms with Crippen LogP contribution in [0.1, 0.15) is 18.4 Å². The van der Waals surface area contributed by atoms with Crippen LogP contribution in [-0.2, 0) is 6.54 Å². The van der Waals surface area contributed by atoms with E-state index in [0.717, 1.165) is 69.0 Å². The number of piperazine rings is 1. The third kappa shape index (κ3) is 5.72. The first-order chi connectivity index (χ1) is 14.8. The van der Waals surface area contributed by atoms with E-state index in [-0.39, 0.29) is 24.0 Å². The van der Waals surface area contributed by atoms with Crippen molar-refractivity contribution in [2.24, 2.45) is 4.99 Å². The maximum absolute atomic E-state index is 5.53. The average molecular weight is 536 g/mol. The lowest BCUT2D eigenvalue weighted by Gasteiger charge is -2.38. The summed E-state index contributed by atoms with van der Waals surface area (Å²) in [4.78, 5) is 16.2. The number of nitrogens with zero attached hydrogens (tertiary/aromatic N) is 5. The second kappa shape index (κ2) is 11.4. The zero-order chi connectivity index (χ0) is 20.8. The van der Waals surface area contributed by atoms with Crippen molar-refractivity contribution in [3.05, 3.63) is 48.2 Å². The molecular weight excluding hydrogens is 503 g/mol. The molecule has 0 saturated carbocycles. The molecule has 0 spiro atoms. The van der Waals surface area contributed by atoms with Gasteiger partial charge in [0.25, 0.3) is 0 Å². The molecule has 31 heavy (non-hydrogen) atoms. The summed E-state index contributed by atoms with van der Waals surface area (Å²) >= 11 is 0. The van der Waals surface area contributed by atoms with E-state index in [1.54, 1.807) is 7.11 Å². The third-order valence-corrected chi connectivity index (χ3v) is 5.91. The summed E-state index contributed by atoms with van der Waals surface area (Å²) in [6.07, 6.45) is 4.44. The maximum atomic E-state index is 5.53. The van der Waals surface area contributed by atoms with E-state index in [1.165, 1.54) is 18.4 Å². The molecule has 0 unspecified atom stereocenters. The fourth-order valence-electron chi connectivity index (χ4n) is 4.25. The van der Waals surface area contributed by atoms with Crippen LogP contribution in [0, 0.1) is 0 Å². The number of aliphatic imine (C=N–C) groups is 1. The summed E-state index contributed by atoms with van der Waals surface area (Å²) in [7, 11) is 3.59. The van der Waals surface area contributed by atoms with Gasteiger partial charge in [-0.25, -0.2) is 4.98 Å². The largest absolute Gasteiger partial charge is 0.495 e. The van der Waals surface area contributed by atoms with Gasteiger partial charge in [0.15, 0.2) is 5.96 Å². The van der Waals surface area contributed by atoms with Crippen LogP contribution in [0.3, 0.4) is 0 Å². The fraction of sp³-hybridized carbons (Fsp3) is 0.478. The van der Waals surface area contributed by atoms with E-state index < -0.39 is 0 Å². The molecule has 2 aliphatic rings. The Kier molecular flexibility index (Phi) is 8.62. The molecule has 3 heterocycles. The van der Waals surface area contributed by atoms with E-state index >= 15 is 0 Å². The van der Waals surface area contributed by atoms with Crippen molar-refractivity contribution >= 4 is 41.4 Å². The number of para-hydroxylation sites is 2. The molecule has 0 bridgehead atoms. The molecule has 8 heteroatoms. The molecular formula is C23H33IN6O. The van der Waals surface area contributed by atoms with Crippen LogP contribution in [-0.4, -0.2) is 69.3 Å². The average Bonchev–Trinajstić information content (AvgIpc) is 3.35. The monoisotopic (exact) mass is 536 g/mol. The number of benzene rings is 1. The Hall–Kier alpha value is -2.23. The highest BCUT2D eigenvalue weighted by Crippen LogP contribution is 2.28. The molecule has 0 amide bonds. The van der Waals surface area contributed by atoms with Crippen molar-refractivity contribution in [1.82, 2.24) is 15.2 Å². The van der Waals surface area contributed by atoms with Crippen molar-refractivity contribution in [3.8, 4) is 5.75 Å². The molecule has 2 fully saturated rings. The molecule has 2 aliphatic heterocycles. The van der Waals surface area contributed by atoms with Gasteiger partial charge in [0.2, 0.25) is 0 Å². The van der Waals surface area contributed by atoms with Gasteiger partial charge in [0.1, 0.15) is 11.6 Å². The highest BCUT2D eigenvalue weighted by Gasteiger charge is 2.21. The van der Waals surface area contributed by atoms with E-state index in [1.807, 2.05) is 25.4 Å². The van der Waals surface area contributed by atoms with E-state index in [0.29, 0.717) is 0 Å². The van der Waals surface area contributed by atoms with Crippen LogP contribution in [0.15, 0.2) is 47.6 Å². The molecule has 2 aromatic rings. The van der Waals surface area contributed by atoms with Gasteiger partial charge < -0.3 is 24.8 Å². The first-order valence-electron chi connectivity index (χ1n) is 10.8. The molecule has 168 valence electrons. The molecule has 0 radical (unpaired) electrons. The van der Waals surface area contributed by atoms with Crippen LogP contribution in [0.4, 0.5) is 11.5 Å². The predicted octanol–water partition coefficient (Wildman–Crippen LogP) is 3.21. The Morgan fingerprint density at radius 1 is 1.03 bits per heavy atom. The standard InChI is InChI=1S/C23H32N6O.HI/c1-24-23(26-18-19-9-10-25-22(17-19)28-11-5-6-12-28)29-15-13-27(14-16-29)20-7-3-4-8-21(20)30-2;/h3-4,7-10,17H,5-6,11-16,18H2,1-2H3,(H,24,26);1H. The fourth-order valence-corrected chi connectivity index (χ4v) is 4.25. The lowest BCUT2D eigenvalue weighted by Crippen LogP contribution is -2.52. The van der Waals surface area contributed by atoms with Crippen molar-refractivity contribution in [1.29, 1.82) is 0 Å². The lowest BCUT2D eigenvalue weighted by atomic mass is 10.2. The number of nitrogens with one attached hydrogen (secondary N) is 1. The Morgan fingerprint density at radius 3 is 2.48 bits per heavy atom. The molecule has 1 aromatic carbocycles. The van der Waals surface area contributed by atoms with Gasteiger partial charge in [-0.1, -0.05) is 12.1 Å². The van der Waals surface area contributed by atoms with Gasteiger partial charge in [-0.3, -0.25) is 4.99 Å². The molecule has 0 atom stereocenters. The smallest absolute Gasteiger partial charge is 0.194 e. The number of ether oxygens (including phenoxy) is 1. The molecule has 2 saturated heterocycles. The van der Waals surface area contributed by atoms with Crippen LogP contribution in [0.5, 0.6) is 5.75 Å². The number of methoxy groups -OCH3 is 1. The maximum Gasteiger partial charge on any atom is 0.194 e. The van der Waals surface area contributed by atoms with Gasteiger partial charge in [-0.05, 0) is 42.7 Å². The van der Waals surface area contributed by atoms with Crippen molar-refractivity contribution < 1.29 is 4.74 Å². The Balaban J connectivity index is 0.00000272. The summed E-state index contributed by atoms with van der Waals surface area (Å²) in [6, 6.07) is 12.5. The van der Waals surface area contributed by atoms with Crippen molar-refractivity contribution in [2.75, 3.05) is 63.2 Å². The lowest BCUT2D eigenvalue weighted by molar-refractivity contribution is 0.367. The SMILES string of the molecule is CN=C(NCc1ccnc(N2CCCC2)c1)N1CCN(c2ccccc2OC)CC1.I. The molecule has 1 N–H and O–H groups in total. The number of hydrogen-bond acceptors (Lipinski definition) is 5. The normalized spacial score (nSPS) is 16.8. The molecule has 0 aliphatic carbocycles. The van der Waals surface area contributed by atoms with Gasteiger partial charge in [0.05, 0.1) is 12.8 Å². The first-order valence-corrected chi connectivity index (χ1v) is 10.8. The highest BCUT2D eigenvalue weighted by atomic mass is 127. The topological polar surface area (TPSA) is 56.2 Å². The Labute approximate surface area is 202 Å². The number of rotatable bonds is 5. The van der Waals surface area contributed by atoms with Crippen LogP contribution in [0.2, 0.25) is 0 Å².